The zero-order chi connectivity index (χ0) is 13.7. The summed E-state index contributed by atoms with van der Waals surface area (Å²) >= 11 is 0. The second kappa shape index (κ2) is 6.23. The van der Waals surface area contributed by atoms with Crippen molar-refractivity contribution in [2.45, 2.75) is 46.3 Å². The van der Waals surface area contributed by atoms with Gasteiger partial charge in [0.15, 0.2) is 5.75 Å². The average molecular weight is 252 g/mol. The number of nitro groups is 1. The van der Waals surface area contributed by atoms with Crippen molar-refractivity contribution < 1.29 is 9.66 Å². The maximum atomic E-state index is 10.9. The molecule has 0 saturated carbocycles. The summed E-state index contributed by atoms with van der Waals surface area (Å²) < 4.78 is 5.48. The zero-order valence-corrected chi connectivity index (χ0v) is 11.3. The largest absolute Gasteiger partial charge is 0.484 e. The Hall–Kier alpha value is -1.78. The molecule has 5 heteroatoms. The lowest BCUT2D eigenvalue weighted by atomic mass is 10.2. The highest BCUT2D eigenvalue weighted by Crippen LogP contribution is 2.31. The predicted octanol–water partition coefficient (Wildman–Crippen LogP) is 3.59. The Morgan fingerprint density at radius 3 is 2.56 bits per heavy atom. The molecule has 0 amide bonds. The van der Waals surface area contributed by atoms with Gasteiger partial charge in [0.05, 0.1) is 11.0 Å². The first-order chi connectivity index (χ1) is 8.43. The minimum atomic E-state index is -0.426. The van der Waals surface area contributed by atoms with Crippen molar-refractivity contribution in [1.29, 1.82) is 0 Å². The summed E-state index contributed by atoms with van der Waals surface area (Å²) in [4.78, 5) is 10.5. The van der Waals surface area contributed by atoms with Gasteiger partial charge < -0.3 is 10.1 Å². The Kier molecular flexibility index (Phi) is 4.95. The number of nitro benzene ring substituents is 1. The molecule has 1 aromatic carbocycles. The maximum Gasteiger partial charge on any atom is 0.311 e. The molecular weight excluding hydrogens is 232 g/mol. The van der Waals surface area contributed by atoms with Gasteiger partial charge >= 0.3 is 5.69 Å². The number of anilines is 1. The van der Waals surface area contributed by atoms with E-state index < -0.39 is 4.92 Å². The number of benzene rings is 1. The molecule has 0 aliphatic carbocycles. The highest BCUT2D eigenvalue weighted by atomic mass is 16.6. The molecule has 0 spiro atoms. The van der Waals surface area contributed by atoms with Crippen LogP contribution in [0, 0.1) is 10.1 Å². The zero-order valence-electron chi connectivity index (χ0n) is 11.3. The Labute approximate surface area is 107 Å². The molecule has 0 aliphatic rings. The molecule has 0 radical (unpaired) electrons. The van der Waals surface area contributed by atoms with Crippen molar-refractivity contribution in [3.05, 3.63) is 28.3 Å². The third-order valence-corrected chi connectivity index (χ3v) is 2.54. The van der Waals surface area contributed by atoms with Crippen LogP contribution in [0.1, 0.15) is 34.1 Å². The van der Waals surface area contributed by atoms with E-state index in [0.717, 1.165) is 12.1 Å². The highest BCUT2D eigenvalue weighted by molar-refractivity contribution is 5.58. The molecule has 0 aromatic heterocycles. The Balaban J connectivity index is 3.01. The summed E-state index contributed by atoms with van der Waals surface area (Å²) in [5.41, 5.74) is 0.837. The van der Waals surface area contributed by atoms with Gasteiger partial charge in [-0.25, -0.2) is 0 Å². The normalized spacial score (nSPS) is 12.3. The molecular formula is C13H20N2O3. The Morgan fingerprint density at radius 2 is 2.06 bits per heavy atom. The van der Waals surface area contributed by atoms with Crippen LogP contribution in [0.4, 0.5) is 11.4 Å². The third kappa shape index (κ3) is 3.91. The molecule has 0 saturated heterocycles. The summed E-state index contributed by atoms with van der Waals surface area (Å²) in [7, 11) is 0. The minimum Gasteiger partial charge on any atom is -0.484 e. The summed E-state index contributed by atoms with van der Waals surface area (Å²) in [5, 5.41) is 14.2. The van der Waals surface area contributed by atoms with Crippen molar-refractivity contribution >= 4 is 11.4 Å². The molecule has 100 valence electrons. The van der Waals surface area contributed by atoms with E-state index in [4.69, 9.17) is 4.74 Å². The number of nitrogens with one attached hydrogen (secondary N) is 1. The summed E-state index contributed by atoms with van der Waals surface area (Å²) in [6, 6.07) is 5.18. The van der Waals surface area contributed by atoms with Crippen molar-refractivity contribution in [2.24, 2.45) is 0 Å². The monoisotopic (exact) mass is 252 g/mol. The van der Waals surface area contributed by atoms with Crippen LogP contribution in [0.15, 0.2) is 18.2 Å². The summed E-state index contributed by atoms with van der Waals surface area (Å²) in [6.45, 7) is 7.83. The fourth-order valence-corrected chi connectivity index (χ4v) is 1.49. The molecule has 5 nitrogen and oxygen atoms in total. The van der Waals surface area contributed by atoms with E-state index in [1.807, 2.05) is 13.8 Å². The van der Waals surface area contributed by atoms with Crippen molar-refractivity contribution in [1.82, 2.24) is 0 Å². The molecule has 1 aromatic rings. The Morgan fingerprint density at radius 1 is 1.39 bits per heavy atom. The molecule has 0 fully saturated rings. The first kappa shape index (κ1) is 14.3. The van der Waals surface area contributed by atoms with Gasteiger partial charge in [0.25, 0.3) is 0 Å². The molecule has 0 bridgehead atoms. The fourth-order valence-electron chi connectivity index (χ4n) is 1.49. The van der Waals surface area contributed by atoms with Gasteiger partial charge in [0, 0.05) is 23.9 Å². The van der Waals surface area contributed by atoms with E-state index in [1.165, 1.54) is 6.07 Å². The van der Waals surface area contributed by atoms with Crippen LogP contribution >= 0.6 is 0 Å². The quantitative estimate of drug-likeness (QED) is 0.620. The number of hydrogen-bond donors (Lipinski definition) is 1. The first-order valence-corrected chi connectivity index (χ1v) is 6.15. The van der Waals surface area contributed by atoms with Crippen LogP contribution in [0.5, 0.6) is 5.75 Å². The van der Waals surface area contributed by atoms with Crippen LogP contribution in [0.3, 0.4) is 0 Å². The van der Waals surface area contributed by atoms with E-state index in [1.54, 1.807) is 12.1 Å². The van der Waals surface area contributed by atoms with Crippen molar-refractivity contribution in [2.75, 3.05) is 5.32 Å². The van der Waals surface area contributed by atoms with Crippen LogP contribution in [0.25, 0.3) is 0 Å². The molecule has 0 aliphatic heterocycles. The molecule has 1 unspecified atom stereocenters. The lowest BCUT2D eigenvalue weighted by Crippen LogP contribution is -2.14. The molecule has 18 heavy (non-hydrogen) atoms. The topological polar surface area (TPSA) is 64.4 Å². The van der Waals surface area contributed by atoms with Gasteiger partial charge in [-0.3, -0.25) is 10.1 Å². The van der Waals surface area contributed by atoms with Crippen LogP contribution in [-0.4, -0.2) is 17.1 Å². The third-order valence-electron chi connectivity index (χ3n) is 2.54. The lowest BCUT2D eigenvalue weighted by molar-refractivity contribution is -0.386. The number of ether oxygens (including phenoxy) is 1. The summed E-state index contributed by atoms with van der Waals surface area (Å²) in [5.74, 6) is 0.309. The summed E-state index contributed by atoms with van der Waals surface area (Å²) in [6.07, 6.45) is 0.889. The van der Waals surface area contributed by atoms with E-state index in [2.05, 4.69) is 19.2 Å². The SMILES string of the molecule is CCC(C)Nc1ccc([N+](=O)[O-])c(OC(C)C)c1. The second-order valence-corrected chi connectivity index (χ2v) is 4.56. The Bertz CT molecular complexity index is 419. The smallest absolute Gasteiger partial charge is 0.311 e. The van der Waals surface area contributed by atoms with Gasteiger partial charge in [-0.05, 0) is 33.3 Å². The maximum absolute atomic E-state index is 10.9. The van der Waals surface area contributed by atoms with Gasteiger partial charge in [-0.15, -0.1) is 0 Å². The van der Waals surface area contributed by atoms with Crippen LogP contribution < -0.4 is 10.1 Å². The number of hydrogen-bond acceptors (Lipinski definition) is 4. The van der Waals surface area contributed by atoms with Crippen molar-refractivity contribution in [3.8, 4) is 5.75 Å². The molecule has 1 atom stereocenters. The van der Waals surface area contributed by atoms with E-state index in [9.17, 15) is 10.1 Å². The predicted molar refractivity (Wildman–Crippen MR) is 72.2 cm³/mol. The fraction of sp³-hybridized carbons (Fsp3) is 0.538. The first-order valence-electron chi connectivity index (χ1n) is 6.15. The lowest BCUT2D eigenvalue weighted by Gasteiger charge is -2.15. The van der Waals surface area contributed by atoms with Gasteiger partial charge in [-0.1, -0.05) is 6.92 Å². The van der Waals surface area contributed by atoms with Gasteiger partial charge in [-0.2, -0.15) is 0 Å². The average Bonchev–Trinajstić information content (AvgIpc) is 2.27. The number of rotatable bonds is 6. The van der Waals surface area contributed by atoms with E-state index >= 15 is 0 Å². The van der Waals surface area contributed by atoms with Gasteiger partial charge in [0.1, 0.15) is 0 Å². The van der Waals surface area contributed by atoms with Crippen LogP contribution in [0.2, 0.25) is 0 Å². The van der Waals surface area contributed by atoms with E-state index in [0.29, 0.717) is 11.8 Å². The standard InChI is InChI=1S/C13H20N2O3/c1-5-10(4)14-11-6-7-12(15(16)17)13(8-11)18-9(2)3/h6-10,14H,5H2,1-4H3. The highest BCUT2D eigenvalue weighted by Gasteiger charge is 2.17. The van der Waals surface area contributed by atoms with Crippen molar-refractivity contribution in [3.63, 3.8) is 0 Å². The molecule has 0 heterocycles. The van der Waals surface area contributed by atoms with Crippen LogP contribution in [-0.2, 0) is 0 Å². The van der Waals surface area contributed by atoms with E-state index in [-0.39, 0.29) is 11.8 Å². The molecule has 1 N–H and O–H groups in total. The second-order valence-electron chi connectivity index (χ2n) is 4.56. The minimum absolute atomic E-state index is 0.00148. The molecule has 1 rings (SSSR count). The number of nitrogens with zero attached hydrogens (tertiary/aromatic N) is 1. The van der Waals surface area contributed by atoms with Gasteiger partial charge in [0.2, 0.25) is 0 Å².